The average molecular weight is 300 g/mol. The summed E-state index contributed by atoms with van der Waals surface area (Å²) >= 11 is 0. The summed E-state index contributed by atoms with van der Waals surface area (Å²) in [5.74, 6) is 2.07. The second-order valence-corrected chi connectivity index (χ2v) is 6.11. The Hall–Kier alpha value is -2.11. The van der Waals surface area contributed by atoms with Crippen LogP contribution in [0.25, 0.3) is 0 Å². The van der Waals surface area contributed by atoms with Gasteiger partial charge in [-0.3, -0.25) is 4.79 Å². The molecule has 0 radical (unpaired) electrons. The van der Waals surface area contributed by atoms with Crippen molar-refractivity contribution in [1.29, 1.82) is 0 Å². The lowest BCUT2D eigenvalue weighted by molar-refractivity contribution is 0.0726. The molecule has 2 aromatic rings. The number of furan rings is 1. The van der Waals surface area contributed by atoms with E-state index in [0.717, 1.165) is 44.0 Å². The Morgan fingerprint density at radius 3 is 3.00 bits per heavy atom. The molecule has 2 aliphatic rings. The number of amides is 1. The number of hydrogen-bond donors (Lipinski definition) is 0. The molecule has 2 aromatic heterocycles. The summed E-state index contributed by atoms with van der Waals surface area (Å²) in [7, 11) is 0. The summed E-state index contributed by atoms with van der Waals surface area (Å²) in [5, 5.41) is 8.81. The number of aryl methyl sites for hydroxylation is 1. The molecule has 0 bridgehead atoms. The van der Waals surface area contributed by atoms with Crippen LogP contribution in [0.1, 0.15) is 60.2 Å². The molecule has 6 heteroatoms. The minimum Gasteiger partial charge on any atom is -0.472 e. The number of nitrogens with zero attached hydrogens (tertiary/aromatic N) is 4. The molecule has 0 aliphatic carbocycles. The van der Waals surface area contributed by atoms with Crippen LogP contribution in [0.4, 0.5) is 0 Å². The molecule has 2 aliphatic heterocycles. The minimum absolute atomic E-state index is 0.0298. The number of hydrogen-bond acceptors (Lipinski definition) is 4. The Morgan fingerprint density at radius 1 is 1.18 bits per heavy atom. The third-order valence-electron chi connectivity index (χ3n) is 4.72. The van der Waals surface area contributed by atoms with Crippen LogP contribution < -0.4 is 0 Å². The topological polar surface area (TPSA) is 64.2 Å². The van der Waals surface area contributed by atoms with Gasteiger partial charge >= 0.3 is 0 Å². The predicted octanol–water partition coefficient (Wildman–Crippen LogP) is 2.57. The third-order valence-corrected chi connectivity index (χ3v) is 4.72. The van der Waals surface area contributed by atoms with Crippen LogP contribution in [-0.4, -0.2) is 32.1 Å². The van der Waals surface area contributed by atoms with E-state index >= 15 is 0 Å². The Labute approximate surface area is 129 Å². The molecule has 1 fully saturated rings. The van der Waals surface area contributed by atoms with Crippen molar-refractivity contribution in [2.45, 2.75) is 51.1 Å². The van der Waals surface area contributed by atoms with E-state index in [4.69, 9.17) is 4.42 Å². The van der Waals surface area contributed by atoms with Crippen LogP contribution in [0.15, 0.2) is 23.0 Å². The van der Waals surface area contributed by atoms with E-state index in [0.29, 0.717) is 5.56 Å². The highest BCUT2D eigenvalue weighted by molar-refractivity contribution is 5.94. The van der Waals surface area contributed by atoms with Gasteiger partial charge in [0.15, 0.2) is 5.82 Å². The van der Waals surface area contributed by atoms with E-state index in [1.807, 2.05) is 4.90 Å². The highest BCUT2D eigenvalue weighted by Gasteiger charge is 2.35. The van der Waals surface area contributed by atoms with Crippen molar-refractivity contribution in [2.75, 3.05) is 6.54 Å². The Morgan fingerprint density at radius 2 is 2.14 bits per heavy atom. The van der Waals surface area contributed by atoms with Gasteiger partial charge in [-0.25, -0.2) is 0 Å². The van der Waals surface area contributed by atoms with Crippen molar-refractivity contribution < 1.29 is 9.21 Å². The summed E-state index contributed by atoms with van der Waals surface area (Å²) < 4.78 is 7.30. The normalized spacial score (nSPS) is 21.6. The first-order valence-corrected chi connectivity index (χ1v) is 8.10. The van der Waals surface area contributed by atoms with E-state index < -0.39 is 0 Å². The van der Waals surface area contributed by atoms with Crippen LogP contribution in [0, 0.1) is 0 Å². The molecule has 1 amide bonds. The van der Waals surface area contributed by atoms with Gasteiger partial charge in [-0.05, 0) is 31.7 Å². The SMILES string of the molecule is O=C(c1ccoc1)N1CCCC1c1nnc2n1CCCCC2. The van der Waals surface area contributed by atoms with E-state index in [1.54, 1.807) is 12.3 Å². The monoisotopic (exact) mass is 300 g/mol. The van der Waals surface area contributed by atoms with Gasteiger partial charge in [0.1, 0.15) is 12.1 Å². The maximum absolute atomic E-state index is 12.7. The standard InChI is InChI=1S/C16H20N4O2/c21-16(12-7-10-22-11-12)19-9-4-5-13(19)15-18-17-14-6-2-1-3-8-20(14)15/h7,10-11,13H,1-6,8-9H2. The molecule has 1 unspecified atom stereocenters. The maximum atomic E-state index is 12.7. The number of carbonyl (C=O) groups is 1. The van der Waals surface area contributed by atoms with E-state index in [2.05, 4.69) is 14.8 Å². The maximum Gasteiger partial charge on any atom is 0.257 e. The molecule has 0 N–H and O–H groups in total. The second-order valence-electron chi connectivity index (χ2n) is 6.11. The number of carbonyl (C=O) groups excluding carboxylic acids is 1. The van der Waals surface area contributed by atoms with Gasteiger partial charge < -0.3 is 13.9 Å². The number of rotatable bonds is 2. The molecule has 4 rings (SSSR count). The predicted molar refractivity (Wildman–Crippen MR) is 79.3 cm³/mol. The third kappa shape index (κ3) is 2.23. The van der Waals surface area contributed by atoms with Crippen molar-refractivity contribution in [1.82, 2.24) is 19.7 Å². The average Bonchev–Trinajstić information content (AvgIpc) is 3.24. The van der Waals surface area contributed by atoms with Crippen molar-refractivity contribution in [3.05, 3.63) is 35.8 Å². The summed E-state index contributed by atoms with van der Waals surface area (Å²) in [6, 6.07) is 1.77. The van der Waals surface area contributed by atoms with Gasteiger partial charge in [0.2, 0.25) is 0 Å². The first-order chi connectivity index (χ1) is 10.8. The molecular weight excluding hydrogens is 280 g/mol. The Bertz CT molecular complexity index is 662. The molecule has 6 nitrogen and oxygen atoms in total. The molecule has 4 heterocycles. The van der Waals surface area contributed by atoms with Crippen molar-refractivity contribution in [2.24, 2.45) is 0 Å². The highest BCUT2D eigenvalue weighted by Crippen LogP contribution is 2.33. The summed E-state index contributed by atoms with van der Waals surface area (Å²) in [4.78, 5) is 14.6. The van der Waals surface area contributed by atoms with Crippen molar-refractivity contribution >= 4 is 5.91 Å². The summed E-state index contributed by atoms with van der Waals surface area (Å²) in [5.41, 5.74) is 0.613. The zero-order valence-electron chi connectivity index (χ0n) is 12.6. The molecule has 0 saturated carbocycles. The molecular formula is C16H20N4O2. The van der Waals surface area contributed by atoms with E-state index in [9.17, 15) is 4.79 Å². The molecule has 116 valence electrons. The Kier molecular flexibility index (Phi) is 3.44. The van der Waals surface area contributed by atoms with Gasteiger partial charge in [-0.1, -0.05) is 6.42 Å². The summed E-state index contributed by atoms with van der Waals surface area (Å²) in [6.45, 7) is 1.75. The zero-order valence-corrected chi connectivity index (χ0v) is 12.6. The van der Waals surface area contributed by atoms with Gasteiger partial charge in [-0.2, -0.15) is 0 Å². The fourth-order valence-corrected chi connectivity index (χ4v) is 3.58. The first-order valence-electron chi connectivity index (χ1n) is 8.10. The van der Waals surface area contributed by atoms with E-state index in [-0.39, 0.29) is 11.9 Å². The fraction of sp³-hybridized carbons (Fsp3) is 0.562. The highest BCUT2D eigenvalue weighted by atomic mass is 16.3. The van der Waals surface area contributed by atoms with Gasteiger partial charge in [0, 0.05) is 19.5 Å². The van der Waals surface area contributed by atoms with Gasteiger partial charge in [-0.15, -0.1) is 10.2 Å². The van der Waals surface area contributed by atoms with Crippen molar-refractivity contribution in [3.63, 3.8) is 0 Å². The number of aromatic nitrogens is 3. The van der Waals surface area contributed by atoms with Crippen LogP contribution in [0.2, 0.25) is 0 Å². The van der Waals surface area contributed by atoms with Crippen LogP contribution in [0.3, 0.4) is 0 Å². The number of likely N-dealkylation sites (tertiary alicyclic amines) is 1. The van der Waals surface area contributed by atoms with E-state index in [1.165, 1.54) is 25.5 Å². The lowest BCUT2D eigenvalue weighted by Gasteiger charge is -2.24. The fourth-order valence-electron chi connectivity index (χ4n) is 3.58. The molecule has 1 saturated heterocycles. The summed E-state index contributed by atoms with van der Waals surface area (Å²) in [6.07, 6.45) is 9.61. The molecule has 22 heavy (non-hydrogen) atoms. The molecule has 0 aromatic carbocycles. The lowest BCUT2D eigenvalue weighted by Crippen LogP contribution is -2.32. The Balaban J connectivity index is 1.64. The van der Waals surface area contributed by atoms with Gasteiger partial charge in [0.05, 0.1) is 17.9 Å². The van der Waals surface area contributed by atoms with Crippen LogP contribution >= 0.6 is 0 Å². The molecule has 1 atom stereocenters. The zero-order chi connectivity index (χ0) is 14.9. The lowest BCUT2D eigenvalue weighted by atomic mass is 10.2. The van der Waals surface area contributed by atoms with Gasteiger partial charge in [0.25, 0.3) is 5.91 Å². The quantitative estimate of drug-likeness (QED) is 0.855. The second kappa shape index (κ2) is 5.59. The number of fused-ring (bicyclic) bond motifs is 1. The first kappa shape index (κ1) is 13.5. The van der Waals surface area contributed by atoms with Crippen LogP contribution in [-0.2, 0) is 13.0 Å². The minimum atomic E-state index is 0.0298. The molecule has 0 spiro atoms. The van der Waals surface area contributed by atoms with Crippen molar-refractivity contribution in [3.8, 4) is 0 Å². The smallest absolute Gasteiger partial charge is 0.257 e. The van der Waals surface area contributed by atoms with Crippen LogP contribution in [0.5, 0.6) is 0 Å². The largest absolute Gasteiger partial charge is 0.472 e.